The fourth-order valence-electron chi connectivity index (χ4n) is 5.08. The number of nitrogens with one attached hydrogen (secondary N) is 2. The number of carbonyl (C=O) groups is 2. The Hall–Kier alpha value is -4.96. The number of benzene rings is 3. The number of anilines is 1. The SMILES string of the molecule is Cn1cnnc1-c1ccc(NC(=O)C(Cc2cc(-c3cccc(OC4CCC4)c3)ccc2Cl)NC(=O)c2ccnn2C)cc1. The molecule has 5 aromatic rings. The minimum Gasteiger partial charge on any atom is -0.490 e. The molecular weight excluding hydrogens is 578 g/mol. The fourth-order valence-corrected chi connectivity index (χ4v) is 5.27. The average Bonchev–Trinajstić information content (AvgIpc) is 3.64. The lowest BCUT2D eigenvalue weighted by molar-refractivity contribution is -0.118. The maximum absolute atomic E-state index is 13.7. The first-order valence-corrected chi connectivity index (χ1v) is 14.8. The Morgan fingerprint density at radius 1 is 1.00 bits per heavy atom. The van der Waals surface area contributed by atoms with Crippen molar-refractivity contribution in [2.45, 2.75) is 37.8 Å². The third kappa shape index (κ3) is 6.50. The van der Waals surface area contributed by atoms with Crippen LogP contribution in [0.4, 0.5) is 5.69 Å². The summed E-state index contributed by atoms with van der Waals surface area (Å²) in [6, 6.07) is 21.6. The zero-order valence-corrected chi connectivity index (χ0v) is 25.2. The van der Waals surface area contributed by atoms with Crippen molar-refractivity contribution in [2.75, 3.05) is 5.32 Å². The van der Waals surface area contributed by atoms with Crippen LogP contribution >= 0.6 is 11.6 Å². The number of ether oxygens (including phenoxy) is 1. The molecule has 3 aromatic carbocycles. The zero-order chi connectivity index (χ0) is 30.6. The van der Waals surface area contributed by atoms with Gasteiger partial charge in [0.1, 0.15) is 23.8 Å². The fraction of sp³-hybridized carbons (Fsp3) is 0.242. The van der Waals surface area contributed by atoms with Crippen LogP contribution < -0.4 is 15.4 Å². The molecule has 0 aliphatic heterocycles. The highest BCUT2D eigenvalue weighted by Gasteiger charge is 2.25. The summed E-state index contributed by atoms with van der Waals surface area (Å²) in [7, 11) is 3.53. The van der Waals surface area contributed by atoms with Crippen molar-refractivity contribution >= 4 is 29.1 Å². The van der Waals surface area contributed by atoms with Crippen molar-refractivity contribution in [1.29, 1.82) is 0 Å². The van der Waals surface area contributed by atoms with Crippen LogP contribution in [0, 0.1) is 0 Å². The van der Waals surface area contributed by atoms with Crippen LogP contribution in [0.1, 0.15) is 35.3 Å². The van der Waals surface area contributed by atoms with Gasteiger partial charge in [0.2, 0.25) is 5.91 Å². The lowest BCUT2D eigenvalue weighted by Gasteiger charge is -2.26. The van der Waals surface area contributed by atoms with E-state index in [-0.39, 0.29) is 18.4 Å². The van der Waals surface area contributed by atoms with Crippen molar-refractivity contribution in [3.05, 3.63) is 102 Å². The molecule has 44 heavy (non-hydrogen) atoms. The van der Waals surface area contributed by atoms with Gasteiger partial charge in [0.15, 0.2) is 5.82 Å². The van der Waals surface area contributed by atoms with Gasteiger partial charge in [-0.15, -0.1) is 10.2 Å². The normalized spacial score (nSPS) is 13.6. The second kappa shape index (κ2) is 12.7. The molecule has 1 saturated carbocycles. The summed E-state index contributed by atoms with van der Waals surface area (Å²) in [5, 5.41) is 18.5. The Morgan fingerprint density at radius 2 is 1.77 bits per heavy atom. The van der Waals surface area contributed by atoms with E-state index < -0.39 is 11.9 Å². The molecule has 0 saturated heterocycles. The quantitative estimate of drug-likeness (QED) is 0.218. The van der Waals surface area contributed by atoms with E-state index in [0.29, 0.717) is 22.2 Å². The summed E-state index contributed by atoms with van der Waals surface area (Å²) in [5.74, 6) is 0.730. The number of rotatable bonds is 10. The third-order valence-corrected chi connectivity index (χ3v) is 8.16. The summed E-state index contributed by atoms with van der Waals surface area (Å²) in [6.45, 7) is 0. The third-order valence-electron chi connectivity index (χ3n) is 7.79. The van der Waals surface area contributed by atoms with Gasteiger partial charge in [-0.25, -0.2) is 0 Å². The van der Waals surface area contributed by atoms with Gasteiger partial charge in [0.05, 0.1) is 6.10 Å². The Balaban J connectivity index is 1.24. The molecule has 224 valence electrons. The molecule has 6 rings (SSSR count). The molecule has 1 atom stereocenters. The molecule has 1 aliphatic carbocycles. The van der Waals surface area contributed by atoms with E-state index in [0.717, 1.165) is 40.8 Å². The van der Waals surface area contributed by atoms with Crippen LogP contribution in [0.5, 0.6) is 5.75 Å². The molecule has 2 aromatic heterocycles. The Labute approximate surface area is 260 Å². The summed E-state index contributed by atoms with van der Waals surface area (Å²) in [5.41, 5.74) is 4.39. The van der Waals surface area contributed by atoms with Crippen LogP contribution in [0.15, 0.2) is 85.3 Å². The van der Waals surface area contributed by atoms with Gasteiger partial charge < -0.3 is 19.9 Å². The maximum Gasteiger partial charge on any atom is 0.270 e. The van der Waals surface area contributed by atoms with Gasteiger partial charge in [-0.3, -0.25) is 14.3 Å². The smallest absolute Gasteiger partial charge is 0.270 e. The van der Waals surface area contributed by atoms with Crippen LogP contribution in [-0.4, -0.2) is 48.5 Å². The minimum atomic E-state index is -0.933. The van der Waals surface area contributed by atoms with Gasteiger partial charge in [0, 0.05) is 43.0 Å². The number of carbonyl (C=O) groups excluding carboxylic acids is 2. The number of halogens is 1. The van der Waals surface area contributed by atoms with Gasteiger partial charge in [-0.05, 0) is 90.6 Å². The van der Waals surface area contributed by atoms with Crippen molar-refractivity contribution in [3.8, 4) is 28.3 Å². The highest BCUT2D eigenvalue weighted by atomic mass is 35.5. The van der Waals surface area contributed by atoms with Crippen molar-refractivity contribution < 1.29 is 14.3 Å². The van der Waals surface area contributed by atoms with E-state index in [9.17, 15) is 9.59 Å². The summed E-state index contributed by atoms with van der Waals surface area (Å²) in [6.07, 6.45) is 6.95. The summed E-state index contributed by atoms with van der Waals surface area (Å²) in [4.78, 5) is 26.9. The summed E-state index contributed by atoms with van der Waals surface area (Å²) < 4.78 is 9.37. The predicted molar refractivity (Wildman–Crippen MR) is 168 cm³/mol. The monoisotopic (exact) mass is 609 g/mol. The first-order valence-electron chi connectivity index (χ1n) is 14.4. The number of aromatic nitrogens is 5. The molecular formula is C33H32ClN7O3. The van der Waals surface area contributed by atoms with Gasteiger partial charge in [0.25, 0.3) is 5.91 Å². The standard InChI is InChI=1S/C33H32ClN7O3/c1-40-20-35-39-31(40)21-9-12-25(13-10-21)37-32(42)29(38-33(43)30-15-16-36-41(30)2)19-24-17-23(11-14-28(24)34)22-5-3-8-27(18-22)44-26-6-4-7-26/h3,5,8-18,20,26,29H,4,6-7,19H2,1-2H3,(H,37,42)(H,38,43). The van der Waals surface area contributed by atoms with E-state index in [2.05, 4.69) is 25.9 Å². The van der Waals surface area contributed by atoms with Crippen molar-refractivity contribution in [1.82, 2.24) is 29.9 Å². The van der Waals surface area contributed by atoms with Crippen molar-refractivity contribution in [3.63, 3.8) is 0 Å². The molecule has 0 radical (unpaired) electrons. The van der Waals surface area contributed by atoms with Crippen LogP contribution in [-0.2, 0) is 25.3 Å². The second-order valence-electron chi connectivity index (χ2n) is 10.9. The number of amides is 2. The van der Waals surface area contributed by atoms with E-state index in [1.54, 1.807) is 31.6 Å². The van der Waals surface area contributed by atoms with Crippen LogP contribution in [0.3, 0.4) is 0 Å². The van der Waals surface area contributed by atoms with Crippen LogP contribution in [0.2, 0.25) is 5.02 Å². The molecule has 0 spiro atoms. The molecule has 10 nitrogen and oxygen atoms in total. The first-order chi connectivity index (χ1) is 21.3. The van der Waals surface area contributed by atoms with E-state index in [1.807, 2.05) is 66.2 Å². The first kappa shape index (κ1) is 29.1. The van der Waals surface area contributed by atoms with Gasteiger partial charge in [-0.1, -0.05) is 29.8 Å². The molecule has 1 fully saturated rings. The van der Waals surface area contributed by atoms with E-state index >= 15 is 0 Å². The Bertz CT molecular complexity index is 1790. The molecule has 2 N–H and O–H groups in total. The highest BCUT2D eigenvalue weighted by Crippen LogP contribution is 2.31. The number of hydrogen-bond donors (Lipinski definition) is 2. The molecule has 0 bridgehead atoms. The van der Waals surface area contributed by atoms with Gasteiger partial charge >= 0.3 is 0 Å². The minimum absolute atomic E-state index is 0.164. The Morgan fingerprint density at radius 3 is 2.45 bits per heavy atom. The largest absolute Gasteiger partial charge is 0.490 e. The van der Waals surface area contributed by atoms with Gasteiger partial charge in [-0.2, -0.15) is 5.10 Å². The molecule has 1 unspecified atom stereocenters. The zero-order valence-electron chi connectivity index (χ0n) is 24.4. The lowest BCUT2D eigenvalue weighted by atomic mass is 9.96. The highest BCUT2D eigenvalue weighted by molar-refractivity contribution is 6.31. The number of hydrogen-bond acceptors (Lipinski definition) is 6. The topological polar surface area (TPSA) is 116 Å². The van der Waals surface area contributed by atoms with E-state index in [4.69, 9.17) is 16.3 Å². The van der Waals surface area contributed by atoms with Crippen molar-refractivity contribution in [2.24, 2.45) is 14.1 Å². The lowest BCUT2D eigenvalue weighted by Crippen LogP contribution is -2.45. The predicted octanol–water partition coefficient (Wildman–Crippen LogP) is 5.45. The molecule has 1 aliphatic rings. The summed E-state index contributed by atoms with van der Waals surface area (Å²) >= 11 is 6.66. The second-order valence-corrected chi connectivity index (χ2v) is 11.3. The molecule has 2 heterocycles. The maximum atomic E-state index is 13.7. The van der Waals surface area contributed by atoms with E-state index in [1.165, 1.54) is 17.3 Å². The molecule has 2 amide bonds. The Kier molecular flexibility index (Phi) is 8.42. The average molecular weight is 610 g/mol. The van der Waals surface area contributed by atoms with Crippen LogP contribution in [0.25, 0.3) is 22.5 Å². The number of aryl methyl sites for hydroxylation is 2. The number of nitrogens with zero attached hydrogens (tertiary/aromatic N) is 5. The molecule has 11 heteroatoms.